The first-order valence-electron chi connectivity index (χ1n) is 5.63. The van der Waals surface area contributed by atoms with Gasteiger partial charge in [0.25, 0.3) is 0 Å². The van der Waals surface area contributed by atoms with E-state index in [-0.39, 0.29) is 18.0 Å². The summed E-state index contributed by atoms with van der Waals surface area (Å²) < 4.78 is 5.10. The van der Waals surface area contributed by atoms with Gasteiger partial charge in [0.1, 0.15) is 5.69 Å². The molecule has 2 unspecified atom stereocenters. The van der Waals surface area contributed by atoms with Crippen LogP contribution in [0.15, 0.2) is 10.6 Å². The lowest BCUT2D eigenvalue weighted by atomic mass is 10.1. The van der Waals surface area contributed by atoms with Crippen molar-refractivity contribution < 1.29 is 14.4 Å². The molecule has 1 saturated heterocycles. The Bertz CT molecular complexity index is 468. The third-order valence-electron chi connectivity index (χ3n) is 3.16. The number of hydrogen-bond acceptors (Lipinski definition) is 4. The summed E-state index contributed by atoms with van der Waals surface area (Å²) >= 11 is 6.11. The maximum Gasteiger partial charge on any atom is 0.329 e. The number of hydrogen-bond donors (Lipinski definition) is 1. The molecule has 0 bridgehead atoms. The summed E-state index contributed by atoms with van der Waals surface area (Å²) in [4.78, 5) is 13.9. The molecule has 0 aliphatic carbocycles. The topological polar surface area (TPSA) is 69.8 Å². The lowest BCUT2D eigenvalue weighted by molar-refractivity contribution is 0.135. The minimum absolute atomic E-state index is 0.201. The van der Waals surface area contributed by atoms with Crippen LogP contribution in [0, 0.1) is 0 Å². The van der Waals surface area contributed by atoms with E-state index in [0.29, 0.717) is 5.69 Å². The Morgan fingerprint density at radius 1 is 1.56 bits per heavy atom. The normalized spacial score (nSPS) is 25.1. The number of likely N-dealkylation sites (N-methyl/N-ethyl adjacent to an activating group) is 1. The Morgan fingerprint density at radius 2 is 2.17 bits per heavy atom. The van der Waals surface area contributed by atoms with Crippen molar-refractivity contribution in [2.24, 2.45) is 0 Å². The van der Waals surface area contributed by atoms with Crippen molar-refractivity contribution >= 4 is 23.5 Å². The second-order valence-electron chi connectivity index (χ2n) is 4.94. The first-order chi connectivity index (χ1) is 8.23. The molecule has 0 aromatic carbocycles. The number of carbonyl (C=O) groups excluding carboxylic acids is 1. The van der Waals surface area contributed by atoms with Crippen molar-refractivity contribution in [2.75, 3.05) is 11.9 Å². The molecule has 2 amide bonds. The number of amides is 2. The van der Waals surface area contributed by atoms with Gasteiger partial charge in [-0.2, -0.15) is 0 Å². The van der Waals surface area contributed by atoms with E-state index < -0.39 is 11.1 Å². The van der Waals surface area contributed by atoms with Crippen molar-refractivity contribution in [3.8, 4) is 0 Å². The van der Waals surface area contributed by atoms with E-state index in [1.54, 1.807) is 33.9 Å². The summed E-state index contributed by atoms with van der Waals surface area (Å²) in [7, 11) is 1.62. The Kier molecular flexibility index (Phi) is 3.03. The highest BCUT2D eigenvalue weighted by Gasteiger charge is 2.43. The van der Waals surface area contributed by atoms with Gasteiger partial charge in [0, 0.05) is 13.1 Å². The van der Waals surface area contributed by atoms with Crippen LogP contribution >= 0.6 is 11.6 Å². The number of carbonyl (C=O) groups is 1. The van der Waals surface area contributed by atoms with Gasteiger partial charge in [0.15, 0.2) is 6.23 Å². The minimum Gasteiger partial charge on any atom is -0.371 e. The monoisotopic (exact) mass is 273 g/mol. The summed E-state index contributed by atoms with van der Waals surface area (Å²) in [5.74, 6) is 0.201. The largest absolute Gasteiger partial charge is 0.371 e. The smallest absolute Gasteiger partial charge is 0.329 e. The van der Waals surface area contributed by atoms with Crippen molar-refractivity contribution in [2.45, 2.75) is 37.9 Å². The van der Waals surface area contributed by atoms with E-state index in [1.165, 1.54) is 9.80 Å². The standard InChI is InChI=1S/C11H16ClN3O3/c1-6-9(16)15(10(17)14(6)4)8-5-7(13-18-8)11(2,3)12/h5-6,9,16H,1-4H3. The fourth-order valence-electron chi connectivity index (χ4n) is 1.76. The van der Waals surface area contributed by atoms with Crippen LogP contribution in [-0.4, -0.2) is 40.5 Å². The maximum atomic E-state index is 12.0. The molecule has 6 nitrogen and oxygen atoms in total. The number of halogens is 1. The molecular formula is C11H16ClN3O3. The molecule has 1 N–H and O–H groups in total. The number of aromatic nitrogens is 1. The van der Waals surface area contributed by atoms with Crippen LogP contribution in [0.2, 0.25) is 0 Å². The van der Waals surface area contributed by atoms with E-state index >= 15 is 0 Å². The van der Waals surface area contributed by atoms with Crippen LogP contribution in [0.5, 0.6) is 0 Å². The lowest BCUT2D eigenvalue weighted by Crippen LogP contribution is -2.35. The lowest BCUT2D eigenvalue weighted by Gasteiger charge is -2.16. The number of anilines is 1. The third-order valence-corrected chi connectivity index (χ3v) is 3.35. The SMILES string of the molecule is CC1C(O)N(c2cc(C(C)(C)Cl)no2)C(=O)N1C. The van der Waals surface area contributed by atoms with Gasteiger partial charge in [-0.3, -0.25) is 0 Å². The second-order valence-corrected chi connectivity index (χ2v) is 5.89. The zero-order valence-corrected chi connectivity index (χ0v) is 11.5. The van der Waals surface area contributed by atoms with Gasteiger partial charge in [-0.15, -0.1) is 11.6 Å². The van der Waals surface area contributed by atoms with E-state index in [4.69, 9.17) is 16.1 Å². The minimum atomic E-state index is -0.957. The van der Waals surface area contributed by atoms with Crippen LogP contribution in [0.3, 0.4) is 0 Å². The quantitative estimate of drug-likeness (QED) is 0.833. The molecule has 2 heterocycles. The van der Waals surface area contributed by atoms with Crippen LogP contribution in [0.4, 0.5) is 10.7 Å². The molecule has 1 aliphatic heterocycles. The number of nitrogens with zero attached hydrogens (tertiary/aromatic N) is 3. The highest BCUT2D eigenvalue weighted by molar-refractivity contribution is 6.23. The van der Waals surface area contributed by atoms with Gasteiger partial charge in [-0.1, -0.05) is 5.16 Å². The molecule has 1 fully saturated rings. The molecule has 1 aromatic rings. The predicted octanol–water partition coefficient (Wildman–Crippen LogP) is 1.73. The number of rotatable bonds is 2. The number of aliphatic hydroxyl groups excluding tert-OH is 1. The first kappa shape index (κ1) is 13.2. The van der Waals surface area contributed by atoms with Gasteiger partial charge in [0.05, 0.1) is 10.9 Å². The number of alkyl halides is 1. The van der Waals surface area contributed by atoms with Crippen molar-refractivity contribution in [1.29, 1.82) is 0 Å². The summed E-state index contributed by atoms with van der Waals surface area (Å²) in [6.45, 7) is 5.30. The van der Waals surface area contributed by atoms with Crippen LogP contribution in [0.1, 0.15) is 26.5 Å². The second kappa shape index (κ2) is 4.13. The van der Waals surface area contributed by atoms with Crippen LogP contribution < -0.4 is 4.90 Å². The summed E-state index contributed by atoms with van der Waals surface area (Å²) in [6, 6.07) is 0.931. The Labute approximate surface area is 110 Å². The molecule has 2 rings (SSSR count). The maximum absolute atomic E-state index is 12.0. The summed E-state index contributed by atoms with van der Waals surface area (Å²) in [5.41, 5.74) is 0.515. The van der Waals surface area contributed by atoms with Gasteiger partial charge >= 0.3 is 6.03 Å². The number of aliphatic hydroxyl groups is 1. The van der Waals surface area contributed by atoms with Gasteiger partial charge in [0.2, 0.25) is 5.88 Å². The Balaban J connectivity index is 2.33. The fourth-order valence-corrected chi connectivity index (χ4v) is 1.85. The van der Waals surface area contributed by atoms with Crippen molar-refractivity contribution in [3.63, 3.8) is 0 Å². The van der Waals surface area contributed by atoms with Crippen molar-refractivity contribution in [3.05, 3.63) is 11.8 Å². The molecule has 7 heteroatoms. The Hall–Kier alpha value is -1.27. The summed E-state index contributed by atoms with van der Waals surface area (Å²) in [5, 5.41) is 13.8. The highest BCUT2D eigenvalue weighted by atomic mass is 35.5. The highest BCUT2D eigenvalue weighted by Crippen LogP contribution is 2.32. The fraction of sp³-hybridized carbons (Fsp3) is 0.636. The molecule has 100 valence electrons. The molecule has 2 atom stereocenters. The number of urea groups is 1. The van der Waals surface area contributed by atoms with E-state index in [1.807, 2.05) is 0 Å². The average Bonchev–Trinajstić information content (AvgIpc) is 2.81. The average molecular weight is 274 g/mol. The van der Waals surface area contributed by atoms with E-state index in [0.717, 1.165) is 0 Å². The molecule has 0 spiro atoms. The zero-order valence-electron chi connectivity index (χ0n) is 10.7. The van der Waals surface area contributed by atoms with Gasteiger partial charge < -0.3 is 14.5 Å². The van der Waals surface area contributed by atoms with E-state index in [9.17, 15) is 9.90 Å². The molecule has 18 heavy (non-hydrogen) atoms. The zero-order chi connectivity index (χ0) is 13.7. The Morgan fingerprint density at radius 3 is 2.56 bits per heavy atom. The third kappa shape index (κ3) is 1.95. The molecule has 1 aromatic heterocycles. The van der Waals surface area contributed by atoms with Gasteiger partial charge in [-0.05, 0) is 20.8 Å². The van der Waals surface area contributed by atoms with Gasteiger partial charge in [-0.25, -0.2) is 9.69 Å². The van der Waals surface area contributed by atoms with E-state index in [2.05, 4.69) is 5.16 Å². The van der Waals surface area contributed by atoms with Crippen molar-refractivity contribution in [1.82, 2.24) is 10.1 Å². The first-order valence-corrected chi connectivity index (χ1v) is 6.01. The van der Waals surface area contributed by atoms with Crippen LogP contribution in [0.25, 0.3) is 0 Å². The molecular weight excluding hydrogens is 258 g/mol. The molecule has 1 aliphatic rings. The molecule has 0 radical (unpaired) electrons. The van der Waals surface area contributed by atoms with Crippen LogP contribution in [-0.2, 0) is 4.87 Å². The predicted molar refractivity (Wildman–Crippen MR) is 66.5 cm³/mol. The summed E-state index contributed by atoms with van der Waals surface area (Å²) in [6.07, 6.45) is -0.957. The molecule has 0 saturated carbocycles.